The van der Waals surface area contributed by atoms with Crippen molar-refractivity contribution in [1.29, 1.82) is 0 Å². The van der Waals surface area contributed by atoms with Gasteiger partial charge in [0, 0.05) is 19.6 Å². The molecule has 31 heavy (non-hydrogen) atoms. The van der Waals surface area contributed by atoms with Crippen molar-refractivity contribution in [2.45, 2.75) is 44.4 Å². The number of hydrogen-bond acceptors (Lipinski definition) is 3. The van der Waals surface area contributed by atoms with Crippen LogP contribution in [0.25, 0.3) is 0 Å². The lowest BCUT2D eigenvalue weighted by atomic mass is 10.1. The summed E-state index contributed by atoms with van der Waals surface area (Å²) < 4.78 is 64.7. The smallest absolute Gasteiger partial charge is 0.334 e. The highest BCUT2D eigenvalue weighted by Crippen LogP contribution is 2.29. The van der Waals surface area contributed by atoms with Crippen molar-refractivity contribution in [3.05, 3.63) is 65.2 Å². The van der Waals surface area contributed by atoms with Gasteiger partial charge in [-0.1, -0.05) is 38.1 Å². The second-order valence-electron chi connectivity index (χ2n) is 6.91. The van der Waals surface area contributed by atoms with E-state index in [9.17, 15) is 26.4 Å². The lowest BCUT2D eigenvalue weighted by Crippen LogP contribution is -2.36. The maximum atomic E-state index is 12.8. The van der Waals surface area contributed by atoms with Crippen molar-refractivity contribution < 1.29 is 26.4 Å². The Labute approximate surface area is 180 Å². The molecule has 0 aliphatic rings. The fourth-order valence-electron chi connectivity index (χ4n) is 3.01. The van der Waals surface area contributed by atoms with Gasteiger partial charge in [-0.05, 0) is 42.3 Å². The topological polar surface area (TPSA) is 78.5 Å². The molecule has 0 aliphatic heterocycles. The van der Waals surface area contributed by atoms with Crippen LogP contribution in [-0.2, 0) is 22.7 Å². The summed E-state index contributed by atoms with van der Waals surface area (Å²) in [6, 6.07) is 9.96. The number of amides is 2. The largest absolute Gasteiger partial charge is 0.416 e. The third-order valence-electron chi connectivity index (χ3n) is 4.78. The van der Waals surface area contributed by atoms with E-state index in [4.69, 9.17) is 0 Å². The average Bonchev–Trinajstić information content (AvgIpc) is 2.72. The summed E-state index contributed by atoms with van der Waals surface area (Å²) in [4.78, 5) is 12.3. The first kappa shape index (κ1) is 24.7. The number of rotatable bonds is 8. The van der Waals surface area contributed by atoms with Crippen LogP contribution in [-0.4, -0.2) is 31.8 Å². The number of urea groups is 1. The molecular formula is C21H26F3N3O3S. The summed E-state index contributed by atoms with van der Waals surface area (Å²) in [6.07, 6.45) is -4.45. The van der Waals surface area contributed by atoms with E-state index in [0.29, 0.717) is 24.2 Å². The van der Waals surface area contributed by atoms with Gasteiger partial charge in [0.1, 0.15) is 0 Å². The quantitative estimate of drug-likeness (QED) is 0.621. The van der Waals surface area contributed by atoms with Gasteiger partial charge in [0.25, 0.3) is 0 Å². The summed E-state index contributed by atoms with van der Waals surface area (Å²) in [7, 11) is -3.57. The highest BCUT2D eigenvalue weighted by Gasteiger charge is 2.30. The van der Waals surface area contributed by atoms with Crippen LogP contribution in [0.3, 0.4) is 0 Å². The predicted octanol–water partition coefficient (Wildman–Crippen LogP) is 4.30. The molecule has 0 aliphatic carbocycles. The lowest BCUT2D eigenvalue weighted by Gasteiger charge is -2.19. The first-order valence-electron chi connectivity index (χ1n) is 9.79. The molecule has 2 rings (SSSR count). The molecule has 2 amide bonds. The van der Waals surface area contributed by atoms with Crippen molar-refractivity contribution in [3.63, 3.8) is 0 Å². The Balaban J connectivity index is 1.97. The second kappa shape index (κ2) is 10.1. The molecule has 0 spiro atoms. The zero-order valence-electron chi connectivity index (χ0n) is 17.5. The first-order valence-corrected chi connectivity index (χ1v) is 11.2. The Bertz CT molecular complexity index is 989. The molecular weight excluding hydrogens is 431 g/mol. The monoisotopic (exact) mass is 457 g/mol. The third kappa shape index (κ3) is 6.44. The summed E-state index contributed by atoms with van der Waals surface area (Å²) in [5.74, 6) is 0. The predicted molar refractivity (Wildman–Crippen MR) is 112 cm³/mol. The van der Waals surface area contributed by atoms with E-state index in [2.05, 4.69) is 10.6 Å². The van der Waals surface area contributed by atoms with Gasteiger partial charge in [-0.25, -0.2) is 13.2 Å². The molecule has 0 fully saturated rings. The van der Waals surface area contributed by atoms with E-state index in [1.807, 2.05) is 0 Å². The number of nitrogens with one attached hydrogen (secondary N) is 2. The van der Waals surface area contributed by atoms with Crippen LogP contribution in [0.2, 0.25) is 0 Å². The minimum absolute atomic E-state index is 0.0659. The number of nitrogens with zero attached hydrogens (tertiary/aromatic N) is 1. The van der Waals surface area contributed by atoms with Gasteiger partial charge in [0.15, 0.2) is 0 Å². The first-order chi connectivity index (χ1) is 14.5. The SMILES string of the molecule is CCN(CC)S(=O)(=O)c1ccc(C(C)NC(=O)NCc2cccc(C(F)(F)F)c2)cc1. The van der Waals surface area contributed by atoms with Gasteiger partial charge < -0.3 is 10.6 Å². The van der Waals surface area contributed by atoms with Crippen molar-refractivity contribution in [2.24, 2.45) is 0 Å². The molecule has 0 saturated carbocycles. The summed E-state index contributed by atoms with van der Waals surface area (Å²) in [6.45, 7) is 5.91. The van der Waals surface area contributed by atoms with Crippen molar-refractivity contribution >= 4 is 16.1 Å². The molecule has 2 aromatic carbocycles. The van der Waals surface area contributed by atoms with Crippen molar-refractivity contribution in [3.8, 4) is 0 Å². The van der Waals surface area contributed by atoms with Crippen LogP contribution in [0.4, 0.5) is 18.0 Å². The van der Waals surface area contributed by atoms with Crippen LogP contribution in [0.1, 0.15) is 43.5 Å². The van der Waals surface area contributed by atoms with E-state index in [0.717, 1.165) is 12.1 Å². The van der Waals surface area contributed by atoms with E-state index < -0.39 is 33.8 Å². The number of alkyl halides is 3. The van der Waals surface area contributed by atoms with E-state index >= 15 is 0 Å². The zero-order chi connectivity index (χ0) is 23.2. The normalized spacial score (nSPS) is 13.1. The van der Waals surface area contributed by atoms with Crippen LogP contribution in [0, 0.1) is 0 Å². The fourth-order valence-corrected chi connectivity index (χ4v) is 4.47. The molecule has 10 heteroatoms. The average molecular weight is 458 g/mol. The van der Waals surface area contributed by atoms with Crippen molar-refractivity contribution in [1.82, 2.24) is 14.9 Å². The Hall–Kier alpha value is -2.59. The molecule has 0 bridgehead atoms. The Morgan fingerprint density at radius 2 is 1.68 bits per heavy atom. The molecule has 6 nitrogen and oxygen atoms in total. The molecule has 0 radical (unpaired) electrons. The van der Waals surface area contributed by atoms with Crippen LogP contribution >= 0.6 is 0 Å². The van der Waals surface area contributed by atoms with E-state index in [1.165, 1.54) is 28.6 Å². The molecule has 2 aromatic rings. The number of benzene rings is 2. The molecule has 0 heterocycles. The maximum absolute atomic E-state index is 12.8. The summed E-state index contributed by atoms with van der Waals surface area (Å²) in [5.41, 5.74) is 0.233. The molecule has 0 aromatic heterocycles. The van der Waals surface area contributed by atoms with Gasteiger partial charge in [0.05, 0.1) is 16.5 Å². The number of carbonyl (C=O) groups excluding carboxylic acids is 1. The highest BCUT2D eigenvalue weighted by atomic mass is 32.2. The van der Waals surface area contributed by atoms with Gasteiger partial charge in [0.2, 0.25) is 10.0 Å². The van der Waals surface area contributed by atoms with Crippen LogP contribution < -0.4 is 10.6 Å². The summed E-state index contributed by atoms with van der Waals surface area (Å²) >= 11 is 0. The minimum atomic E-state index is -4.45. The van der Waals surface area contributed by atoms with E-state index in [-0.39, 0.29) is 11.4 Å². The van der Waals surface area contributed by atoms with Gasteiger partial charge in [-0.2, -0.15) is 17.5 Å². The lowest BCUT2D eigenvalue weighted by molar-refractivity contribution is -0.137. The Morgan fingerprint density at radius 3 is 2.23 bits per heavy atom. The van der Waals surface area contributed by atoms with Gasteiger partial charge in [-0.15, -0.1) is 0 Å². The Kier molecular flexibility index (Phi) is 8.08. The van der Waals surface area contributed by atoms with Crippen LogP contribution in [0.5, 0.6) is 0 Å². The minimum Gasteiger partial charge on any atom is -0.334 e. The standard InChI is InChI=1S/C21H26F3N3O3S/c1-4-27(5-2)31(29,30)19-11-9-17(10-12-19)15(3)26-20(28)25-14-16-7-6-8-18(13-16)21(22,23)24/h6-13,15H,4-5,14H2,1-3H3,(H2,25,26,28). The Morgan fingerprint density at radius 1 is 1.06 bits per heavy atom. The number of sulfonamides is 1. The number of hydrogen-bond donors (Lipinski definition) is 2. The zero-order valence-corrected chi connectivity index (χ0v) is 18.3. The van der Waals surface area contributed by atoms with E-state index in [1.54, 1.807) is 32.9 Å². The second-order valence-corrected chi connectivity index (χ2v) is 8.84. The fraction of sp³-hybridized carbons (Fsp3) is 0.381. The van der Waals surface area contributed by atoms with Crippen molar-refractivity contribution in [2.75, 3.05) is 13.1 Å². The molecule has 0 saturated heterocycles. The number of halogens is 3. The van der Waals surface area contributed by atoms with Gasteiger partial charge in [-0.3, -0.25) is 0 Å². The molecule has 1 unspecified atom stereocenters. The highest BCUT2D eigenvalue weighted by molar-refractivity contribution is 7.89. The molecule has 170 valence electrons. The maximum Gasteiger partial charge on any atom is 0.416 e. The van der Waals surface area contributed by atoms with Crippen LogP contribution in [0.15, 0.2) is 53.4 Å². The number of carbonyl (C=O) groups is 1. The molecule has 1 atom stereocenters. The third-order valence-corrected chi connectivity index (χ3v) is 6.84. The van der Waals surface area contributed by atoms with Gasteiger partial charge >= 0.3 is 12.2 Å². The molecule has 2 N–H and O–H groups in total. The summed E-state index contributed by atoms with van der Waals surface area (Å²) in [5, 5.41) is 5.21.